The lowest BCUT2D eigenvalue weighted by atomic mass is 10.1. The molecule has 4 nitrogen and oxygen atoms in total. The van der Waals surface area contributed by atoms with E-state index in [2.05, 4.69) is 10.6 Å². The molecule has 2 rings (SSSR count). The summed E-state index contributed by atoms with van der Waals surface area (Å²) in [5.41, 5.74) is 8.70. The van der Waals surface area contributed by atoms with Crippen LogP contribution in [0.2, 0.25) is 0 Å². The van der Waals surface area contributed by atoms with Gasteiger partial charge in [-0.25, -0.2) is 0 Å². The van der Waals surface area contributed by atoms with Crippen molar-refractivity contribution < 1.29 is 4.79 Å². The molecular formula is C12H17N3O. The number of nitrogens with two attached hydrogens (primary N) is 1. The van der Waals surface area contributed by atoms with Gasteiger partial charge < -0.3 is 16.4 Å². The number of amides is 1. The summed E-state index contributed by atoms with van der Waals surface area (Å²) >= 11 is 0. The average molecular weight is 219 g/mol. The molecule has 0 aliphatic carbocycles. The topological polar surface area (TPSA) is 67.2 Å². The predicted octanol–water partition coefficient (Wildman–Crippen LogP) is 1.27. The standard InChI is InChI=1S/C12H17N3O/c1-8-6-9(2-4-11(8)13)15-10-3-5-12(16)14-7-10/h2,4,6,10,15H,3,5,7,13H2,1H3,(H,14,16). The summed E-state index contributed by atoms with van der Waals surface area (Å²) in [4.78, 5) is 11.0. The zero-order valence-electron chi connectivity index (χ0n) is 9.42. The largest absolute Gasteiger partial charge is 0.399 e. The molecule has 1 heterocycles. The first-order valence-electron chi connectivity index (χ1n) is 5.54. The second-order valence-electron chi connectivity index (χ2n) is 4.26. The van der Waals surface area contributed by atoms with Crippen molar-refractivity contribution in [2.24, 2.45) is 0 Å². The second-order valence-corrected chi connectivity index (χ2v) is 4.26. The molecular weight excluding hydrogens is 202 g/mol. The van der Waals surface area contributed by atoms with Gasteiger partial charge in [-0.3, -0.25) is 4.79 Å². The SMILES string of the molecule is Cc1cc(NC2CCC(=O)NC2)ccc1N. The quantitative estimate of drug-likeness (QED) is 0.656. The van der Waals surface area contributed by atoms with E-state index < -0.39 is 0 Å². The minimum absolute atomic E-state index is 0.145. The number of carbonyl (C=O) groups excluding carboxylic acids is 1. The first-order chi connectivity index (χ1) is 7.65. The second kappa shape index (κ2) is 4.43. The number of hydrogen-bond acceptors (Lipinski definition) is 3. The predicted molar refractivity (Wildman–Crippen MR) is 65.2 cm³/mol. The van der Waals surface area contributed by atoms with Crippen LogP contribution >= 0.6 is 0 Å². The fourth-order valence-corrected chi connectivity index (χ4v) is 1.86. The summed E-state index contributed by atoms with van der Waals surface area (Å²) in [5.74, 6) is 0.145. The maximum Gasteiger partial charge on any atom is 0.220 e. The molecule has 4 heteroatoms. The van der Waals surface area contributed by atoms with E-state index in [4.69, 9.17) is 5.73 Å². The van der Waals surface area contributed by atoms with E-state index in [0.717, 1.165) is 23.4 Å². The molecule has 16 heavy (non-hydrogen) atoms. The molecule has 0 saturated carbocycles. The third-order valence-electron chi connectivity index (χ3n) is 2.91. The highest BCUT2D eigenvalue weighted by atomic mass is 16.1. The van der Waals surface area contributed by atoms with Crippen molar-refractivity contribution in [1.82, 2.24) is 5.32 Å². The zero-order chi connectivity index (χ0) is 11.5. The van der Waals surface area contributed by atoms with E-state index in [-0.39, 0.29) is 5.91 Å². The Balaban J connectivity index is 1.98. The van der Waals surface area contributed by atoms with Crippen molar-refractivity contribution in [2.75, 3.05) is 17.6 Å². The van der Waals surface area contributed by atoms with Gasteiger partial charge in [-0.15, -0.1) is 0 Å². The van der Waals surface area contributed by atoms with Gasteiger partial charge in [-0.05, 0) is 37.1 Å². The van der Waals surface area contributed by atoms with Gasteiger partial charge >= 0.3 is 0 Å². The summed E-state index contributed by atoms with van der Waals surface area (Å²) in [6, 6.07) is 6.23. The highest BCUT2D eigenvalue weighted by Crippen LogP contribution is 2.18. The van der Waals surface area contributed by atoms with Gasteiger partial charge in [0.05, 0.1) is 0 Å². The third-order valence-corrected chi connectivity index (χ3v) is 2.91. The number of rotatable bonds is 2. The molecule has 1 atom stereocenters. The Morgan fingerprint density at radius 1 is 1.50 bits per heavy atom. The minimum atomic E-state index is 0.145. The van der Waals surface area contributed by atoms with Crippen molar-refractivity contribution in [2.45, 2.75) is 25.8 Å². The fourth-order valence-electron chi connectivity index (χ4n) is 1.86. The van der Waals surface area contributed by atoms with Crippen molar-refractivity contribution in [1.29, 1.82) is 0 Å². The van der Waals surface area contributed by atoms with Gasteiger partial charge in [0.2, 0.25) is 5.91 Å². The van der Waals surface area contributed by atoms with Crippen LogP contribution in [0.1, 0.15) is 18.4 Å². The number of piperidine rings is 1. The maximum absolute atomic E-state index is 11.0. The molecule has 4 N–H and O–H groups in total. The van der Waals surface area contributed by atoms with Crippen molar-refractivity contribution in [3.63, 3.8) is 0 Å². The van der Waals surface area contributed by atoms with Crippen LogP contribution in [0, 0.1) is 6.92 Å². The lowest BCUT2D eigenvalue weighted by Gasteiger charge is -2.24. The Bertz CT molecular complexity index is 393. The van der Waals surface area contributed by atoms with Crippen LogP contribution in [0.15, 0.2) is 18.2 Å². The summed E-state index contributed by atoms with van der Waals surface area (Å²) in [5, 5.41) is 6.25. The van der Waals surface area contributed by atoms with Crippen LogP contribution in [-0.2, 0) is 4.79 Å². The van der Waals surface area contributed by atoms with Gasteiger partial charge in [0, 0.05) is 30.4 Å². The third kappa shape index (κ3) is 2.45. The van der Waals surface area contributed by atoms with Gasteiger partial charge in [-0.2, -0.15) is 0 Å². The van der Waals surface area contributed by atoms with Crippen LogP contribution in [0.25, 0.3) is 0 Å². The molecule has 0 aromatic heterocycles. The van der Waals surface area contributed by atoms with E-state index in [1.165, 1.54) is 0 Å². The van der Waals surface area contributed by atoms with E-state index in [0.29, 0.717) is 19.0 Å². The monoisotopic (exact) mass is 219 g/mol. The molecule has 1 fully saturated rings. The fraction of sp³-hybridized carbons (Fsp3) is 0.417. The molecule has 1 aromatic rings. The molecule has 86 valence electrons. The molecule has 1 aliphatic heterocycles. The van der Waals surface area contributed by atoms with Crippen LogP contribution in [0.3, 0.4) is 0 Å². The molecule has 1 aliphatic rings. The highest BCUT2D eigenvalue weighted by Gasteiger charge is 2.17. The van der Waals surface area contributed by atoms with Crippen LogP contribution in [0.4, 0.5) is 11.4 Å². The van der Waals surface area contributed by atoms with Crippen molar-refractivity contribution in [3.05, 3.63) is 23.8 Å². The van der Waals surface area contributed by atoms with E-state index in [9.17, 15) is 4.79 Å². The average Bonchev–Trinajstić information content (AvgIpc) is 2.27. The number of carbonyl (C=O) groups is 1. The lowest BCUT2D eigenvalue weighted by molar-refractivity contribution is -0.122. The summed E-state index contributed by atoms with van der Waals surface area (Å²) in [7, 11) is 0. The van der Waals surface area contributed by atoms with E-state index in [1.54, 1.807) is 0 Å². The van der Waals surface area contributed by atoms with E-state index >= 15 is 0 Å². The van der Waals surface area contributed by atoms with Gasteiger partial charge in [0.1, 0.15) is 0 Å². The van der Waals surface area contributed by atoms with Crippen molar-refractivity contribution in [3.8, 4) is 0 Å². The van der Waals surface area contributed by atoms with Gasteiger partial charge in [0.25, 0.3) is 0 Å². The van der Waals surface area contributed by atoms with Gasteiger partial charge in [0.15, 0.2) is 0 Å². The smallest absolute Gasteiger partial charge is 0.220 e. The summed E-state index contributed by atoms with van der Waals surface area (Å²) < 4.78 is 0. The normalized spacial score (nSPS) is 20.3. The maximum atomic E-state index is 11.0. The molecule has 0 radical (unpaired) electrons. The summed E-state index contributed by atoms with van der Waals surface area (Å²) in [6.07, 6.45) is 1.49. The Hall–Kier alpha value is -1.71. The molecule has 1 aromatic carbocycles. The molecule has 1 unspecified atom stereocenters. The zero-order valence-corrected chi connectivity index (χ0v) is 9.42. The Morgan fingerprint density at radius 3 is 2.94 bits per heavy atom. The van der Waals surface area contributed by atoms with Crippen LogP contribution in [0.5, 0.6) is 0 Å². The number of aryl methyl sites for hydroxylation is 1. The molecule has 1 amide bonds. The number of nitrogens with one attached hydrogen (secondary N) is 2. The highest BCUT2D eigenvalue weighted by molar-refractivity contribution is 5.77. The van der Waals surface area contributed by atoms with Crippen molar-refractivity contribution >= 4 is 17.3 Å². The number of hydrogen-bond donors (Lipinski definition) is 3. The Kier molecular flexibility index (Phi) is 2.99. The number of benzene rings is 1. The summed E-state index contributed by atoms with van der Waals surface area (Å²) in [6.45, 7) is 2.69. The number of anilines is 2. The van der Waals surface area contributed by atoms with Crippen LogP contribution in [-0.4, -0.2) is 18.5 Å². The minimum Gasteiger partial charge on any atom is -0.399 e. The Labute approximate surface area is 95.2 Å². The van der Waals surface area contributed by atoms with Crippen LogP contribution < -0.4 is 16.4 Å². The van der Waals surface area contributed by atoms with E-state index in [1.807, 2.05) is 25.1 Å². The Morgan fingerprint density at radius 2 is 2.31 bits per heavy atom. The van der Waals surface area contributed by atoms with Gasteiger partial charge in [-0.1, -0.05) is 0 Å². The number of nitrogen functional groups attached to an aromatic ring is 1. The first-order valence-corrected chi connectivity index (χ1v) is 5.54. The lowest BCUT2D eigenvalue weighted by Crippen LogP contribution is -2.41. The molecule has 1 saturated heterocycles. The molecule has 0 spiro atoms. The first kappa shape index (κ1) is 10.8. The molecule has 0 bridgehead atoms.